The van der Waals surface area contributed by atoms with Crippen LogP contribution in [0.1, 0.15) is 6.42 Å². The van der Waals surface area contributed by atoms with Gasteiger partial charge in [0, 0.05) is 6.20 Å². The summed E-state index contributed by atoms with van der Waals surface area (Å²) in [7, 11) is 0. The lowest BCUT2D eigenvalue weighted by molar-refractivity contribution is -0.137. The zero-order chi connectivity index (χ0) is 8.10. The number of H-pyrrole nitrogens is 1. The summed E-state index contributed by atoms with van der Waals surface area (Å²) in [5.74, 6) is -0.247. The van der Waals surface area contributed by atoms with Crippen LogP contribution in [0.3, 0.4) is 0 Å². The van der Waals surface area contributed by atoms with Gasteiger partial charge in [0.2, 0.25) is 0 Å². The molecule has 0 aliphatic carbocycles. The van der Waals surface area contributed by atoms with E-state index >= 15 is 0 Å². The average Bonchev–Trinajstić information content (AvgIpc) is 2.39. The predicted octanol–water partition coefficient (Wildman–Crippen LogP) is 0.868. The number of carbonyl (C=O) groups is 1. The number of ether oxygens (including phenoxy) is 1. The number of hydrogen-bond acceptors (Lipinski definition) is 2. The van der Waals surface area contributed by atoms with E-state index in [1.54, 1.807) is 18.3 Å². The molecule has 60 valence electrons. The topological polar surface area (TPSA) is 62.3 Å². The van der Waals surface area contributed by atoms with E-state index in [0.29, 0.717) is 5.88 Å². The maximum Gasteiger partial charge on any atom is 0.306 e. The lowest BCUT2D eigenvalue weighted by atomic mass is 10.5. The van der Waals surface area contributed by atoms with E-state index in [9.17, 15) is 4.79 Å². The Morgan fingerprint density at radius 3 is 3.09 bits per heavy atom. The minimum atomic E-state index is -0.850. The van der Waals surface area contributed by atoms with Gasteiger partial charge in [0.25, 0.3) is 0 Å². The van der Waals surface area contributed by atoms with Gasteiger partial charge in [-0.3, -0.25) is 4.79 Å². The van der Waals surface area contributed by atoms with Crippen molar-refractivity contribution in [2.24, 2.45) is 0 Å². The number of nitrogens with one attached hydrogen (secondary N) is 1. The fourth-order valence-electron chi connectivity index (χ4n) is 0.652. The average molecular weight is 155 g/mol. The van der Waals surface area contributed by atoms with Crippen molar-refractivity contribution >= 4 is 5.97 Å². The summed E-state index contributed by atoms with van der Waals surface area (Å²) in [5.41, 5.74) is 0. The molecule has 4 heteroatoms. The SMILES string of the molecule is O=C(O)CCOc1ccc[nH]1. The summed E-state index contributed by atoms with van der Waals surface area (Å²) >= 11 is 0. The molecule has 0 aliphatic rings. The third kappa shape index (κ3) is 2.75. The fraction of sp³-hybridized carbons (Fsp3) is 0.286. The molecule has 0 unspecified atom stereocenters. The molecule has 1 rings (SSSR count). The van der Waals surface area contributed by atoms with Crippen LogP contribution in [0, 0.1) is 0 Å². The Bertz CT molecular complexity index is 218. The fourth-order valence-corrected chi connectivity index (χ4v) is 0.652. The van der Waals surface area contributed by atoms with E-state index in [0.717, 1.165) is 0 Å². The van der Waals surface area contributed by atoms with Crippen LogP contribution in [0.4, 0.5) is 0 Å². The van der Waals surface area contributed by atoms with E-state index < -0.39 is 5.97 Å². The number of aromatic amines is 1. The molecule has 0 amide bonds. The van der Waals surface area contributed by atoms with Crippen molar-refractivity contribution in [3.8, 4) is 5.88 Å². The molecule has 0 fully saturated rings. The molecule has 1 aromatic rings. The summed E-state index contributed by atoms with van der Waals surface area (Å²) in [4.78, 5) is 12.8. The first kappa shape index (κ1) is 7.65. The quantitative estimate of drug-likeness (QED) is 0.678. The first-order valence-corrected chi connectivity index (χ1v) is 3.27. The third-order valence-corrected chi connectivity index (χ3v) is 1.14. The smallest absolute Gasteiger partial charge is 0.306 e. The highest BCUT2D eigenvalue weighted by molar-refractivity contribution is 5.66. The van der Waals surface area contributed by atoms with E-state index in [1.807, 2.05) is 0 Å². The number of carboxylic acid groups (broad SMARTS) is 1. The first-order chi connectivity index (χ1) is 5.29. The summed E-state index contributed by atoms with van der Waals surface area (Å²) in [6.45, 7) is 0.204. The van der Waals surface area contributed by atoms with Crippen molar-refractivity contribution in [1.29, 1.82) is 0 Å². The zero-order valence-electron chi connectivity index (χ0n) is 5.91. The molecule has 0 atom stereocenters. The molecule has 0 aliphatic heterocycles. The van der Waals surface area contributed by atoms with Gasteiger partial charge in [-0.15, -0.1) is 0 Å². The number of aliphatic carboxylic acids is 1. The number of aromatic nitrogens is 1. The van der Waals surface area contributed by atoms with Gasteiger partial charge in [-0.25, -0.2) is 0 Å². The van der Waals surface area contributed by atoms with Crippen LogP contribution in [-0.4, -0.2) is 22.7 Å². The second kappa shape index (κ2) is 3.65. The molecule has 0 saturated carbocycles. The number of carboxylic acids is 1. The number of hydrogen-bond donors (Lipinski definition) is 2. The molecule has 0 bridgehead atoms. The van der Waals surface area contributed by atoms with Crippen LogP contribution in [-0.2, 0) is 4.79 Å². The third-order valence-electron chi connectivity index (χ3n) is 1.14. The zero-order valence-corrected chi connectivity index (χ0v) is 5.91. The van der Waals surface area contributed by atoms with Gasteiger partial charge in [0.15, 0.2) is 5.88 Å². The molecule has 1 heterocycles. The van der Waals surface area contributed by atoms with Gasteiger partial charge >= 0.3 is 5.97 Å². The van der Waals surface area contributed by atoms with Crippen molar-refractivity contribution in [2.75, 3.05) is 6.61 Å². The molecule has 2 N–H and O–H groups in total. The Labute approximate surface area is 63.8 Å². The molecule has 1 aromatic heterocycles. The summed E-state index contributed by atoms with van der Waals surface area (Å²) in [5, 5.41) is 8.25. The molecule has 0 spiro atoms. The Morgan fingerprint density at radius 1 is 1.73 bits per heavy atom. The Hall–Kier alpha value is -1.45. The predicted molar refractivity (Wildman–Crippen MR) is 38.5 cm³/mol. The van der Waals surface area contributed by atoms with Gasteiger partial charge in [-0.05, 0) is 12.1 Å². The van der Waals surface area contributed by atoms with Gasteiger partial charge in [-0.1, -0.05) is 0 Å². The van der Waals surface area contributed by atoms with Crippen LogP contribution in [0.2, 0.25) is 0 Å². The normalized spacial score (nSPS) is 9.45. The molecule has 4 nitrogen and oxygen atoms in total. The van der Waals surface area contributed by atoms with E-state index in [2.05, 4.69) is 4.98 Å². The molecule has 0 aromatic carbocycles. The maximum absolute atomic E-state index is 10.0. The lowest BCUT2D eigenvalue weighted by Gasteiger charge is -1.99. The highest BCUT2D eigenvalue weighted by Gasteiger charge is 1.97. The van der Waals surface area contributed by atoms with E-state index in [4.69, 9.17) is 9.84 Å². The monoisotopic (exact) mass is 155 g/mol. The summed E-state index contributed by atoms with van der Waals surface area (Å²) in [6, 6.07) is 3.53. The van der Waals surface area contributed by atoms with Crippen molar-refractivity contribution in [1.82, 2.24) is 4.98 Å². The molecule has 0 radical (unpaired) electrons. The van der Waals surface area contributed by atoms with Gasteiger partial charge in [0.05, 0.1) is 6.42 Å². The van der Waals surface area contributed by atoms with Crippen LogP contribution in [0.5, 0.6) is 5.88 Å². The Morgan fingerprint density at radius 2 is 2.55 bits per heavy atom. The van der Waals surface area contributed by atoms with Gasteiger partial charge < -0.3 is 14.8 Å². The largest absolute Gasteiger partial charge is 0.481 e. The van der Waals surface area contributed by atoms with Crippen LogP contribution in [0.25, 0.3) is 0 Å². The highest BCUT2D eigenvalue weighted by atomic mass is 16.5. The van der Waals surface area contributed by atoms with Crippen LogP contribution >= 0.6 is 0 Å². The first-order valence-electron chi connectivity index (χ1n) is 3.27. The van der Waals surface area contributed by atoms with Crippen molar-refractivity contribution in [3.05, 3.63) is 18.3 Å². The van der Waals surface area contributed by atoms with E-state index in [1.165, 1.54) is 0 Å². The van der Waals surface area contributed by atoms with Gasteiger partial charge in [-0.2, -0.15) is 0 Å². The van der Waals surface area contributed by atoms with Crippen molar-refractivity contribution in [2.45, 2.75) is 6.42 Å². The Balaban J connectivity index is 2.19. The second-order valence-electron chi connectivity index (χ2n) is 2.03. The summed E-state index contributed by atoms with van der Waals surface area (Å²) in [6.07, 6.45) is 1.75. The standard InChI is InChI=1S/C7H9NO3/c9-7(10)3-5-11-6-2-1-4-8-6/h1-2,4,8H,3,5H2,(H,9,10). The molecular weight excluding hydrogens is 146 g/mol. The highest BCUT2D eigenvalue weighted by Crippen LogP contribution is 2.04. The maximum atomic E-state index is 10.0. The van der Waals surface area contributed by atoms with Crippen molar-refractivity contribution < 1.29 is 14.6 Å². The second-order valence-corrected chi connectivity index (χ2v) is 2.03. The lowest BCUT2D eigenvalue weighted by Crippen LogP contribution is -2.04. The molecular formula is C7H9NO3. The van der Waals surface area contributed by atoms with Crippen LogP contribution < -0.4 is 4.74 Å². The summed E-state index contributed by atoms with van der Waals surface area (Å²) < 4.78 is 5.02. The van der Waals surface area contributed by atoms with Gasteiger partial charge in [0.1, 0.15) is 6.61 Å². The van der Waals surface area contributed by atoms with E-state index in [-0.39, 0.29) is 13.0 Å². The number of rotatable bonds is 4. The molecule has 0 saturated heterocycles. The van der Waals surface area contributed by atoms with Crippen LogP contribution in [0.15, 0.2) is 18.3 Å². The minimum Gasteiger partial charge on any atom is -0.481 e. The molecule has 11 heavy (non-hydrogen) atoms. The minimum absolute atomic E-state index is 0.0268. The van der Waals surface area contributed by atoms with Crippen molar-refractivity contribution in [3.63, 3.8) is 0 Å². The Kier molecular flexibility index (Phi) is 2.54.